The molecule has 2 aliphatic rings. The van der Waals surface area contributed by atoms with Gasteiger partial charge < -0.3 is 19.0 Å². The Bertz CT molecular complexity index is 761. The van der Waals surface area contributed by atoms with E-state index >= 15 is 0 Å². The molecule has 0 saturated heterocycles. The van der Waals surface area contributed by atoms with Crippen molar-refractivity contribution in [1.82, 2.24) is 0 Å². The predicted octanol–water partition coefficient (Wildman–Crippen LogP) is 3.35. The molecule has 0 spiro atoms. The van der Waals surface area contributed by atoms with Crippen LogP contribution in [0.3, 0.4) is 0 Å². The highest BCUT2D eigenvalue weighted by atomic mass is 16.7. The molecule has 23 heavy (non-hydrogen) atoms. The molecule has 0 bridgehead atoms. The number of carbonyl (C=O) groups is 1. The molecule has 0 fully saturated rings. The minimum atomic E-state index is -0.784. The summed E-state index contributed by atoms with van der Waals surface area (Å²) in [5.41, 5.74) is 2.09. The molecule has 2 atom stereocenters. The van der Waals surface area contributed by atoms with E-state index in [2.05, 4.69) is 0 Å². The van der Waals surface area contributed by atoms with E-state index in [0.717, 1.165) is 35.5 Å². The summed E-state index contributed by atoms with van der Waals surface area (Å²) in [7, 11) is 0. The van der Waals surface area contributed by atoms with Crippen molar-refractivity contribution in [3.05, 3.63) is 46.9 Å². The van der Waals surface area contributed by atoms with Crippen LogP contribution < -0.4 is 9.47 Å². The van der Waals surface area contributed by atoms with Gasteiger partial charge in [0.15, 0.2) is 11.5 Å². The van der Waals surface area contributed by atoms with Crippen LogP contribution in [0.2, 0.25) is 0 Å². The molecule has 0 radical (unpaired) electrons. The largest absolute Gasteiger partial charge is 0.481 e. The van der Waals surface area contributed by atoms with Crippen molar-refractivity contribution in [2.75, 3.05) is 6.79 Å². The Morgan fingerprint density at radius 3 is 2.74 bits per heavy atom. The number of aryl methyl sites for hydroxylation is 2. The molecule has 2 aromatic rings. The first-order chi connectivity index (χ1) is 11.2. The molecule has 5 nitrogen and oxygen atoms in total. The normalized spacial score (nSPS) is 22.0. The second kappa shape index (κ2) is 5.33. The fourth-order valence-electron chi connectivity index (χ4n) is 3.57. The molecule has 0 saturated carbocycles. The standard InChI is InChI=1S/C18H18O5/c1-2-11-4-6-14(23-11)17-12(18(19)20)5-3-10-7-15-16(8-13(10)17)22-9-21-15/h4,6-8,12,17H,2-3,5,9H2,1H3,(H,19,20)/t12-,17+/m1/s1. The van der Waals surface area contributed by atoms with Crippen molar-refractivity contribution in [1.29, 1.82) is 0 Å². The van der Waals surface area contributed by atoms with E-state index in [1.807, 2.05) is 31.2 Å². The number of aliphatic carboxylic acids is 1. The van der Waals surface area contributed by atoms with E-state index in [0.29, 0.717) is 17.9 Å². The van der Waals surface area contributed by atoms with Gasteiger partial charge in [-0.15, -0.1) is 0 Å². The minimum absolute atomic E-state index is 0.214. The first-order valence-electron chi connectivity index (χ1n) is 7.91. The summed E-state index contributed by atoms with van der Waals surface area (Å²) >= 11 is 0. The van der Waals surface area contributed by atoms with Crippen LogP contribution in [0, 0.1) is 5.92 Å². The topological polar surface area (TPSA) is 68.9 Å². The number of rotatable bonds is 3. The third kappa shape index (κ3) is 2.27. The van der Waals surface area contributed by atoms with Crippen LogP contribution in [0.5, 0.6) is 11.5 Å². The summed E-state index contributed by atoms with van der Waals surface area (Å²) in [5.74, 6) is 1.45. The van der Waals surface area contributed by atoms with Gasteiger partial charge in [0, 0.05) is 6.42 Å². The van der Waals surface area contributed by atoms with Crippen LogP contribution in [0.1, 0.15) is 41.9 Å². The summed E-state index contributed by atoms with van der Waals surface area (Å²) < 4.78 is 16.8. The van der Waals surface area contributed by atoms with E-state index in [4.69, 9.17) is 13.9 Å². The van der Waals surface area contributed by atoms with Gasteiger partial charge >= 0.3 is 5.97 Å². The molecule has 1 N–H and O–H groups in total. The third-order valence-corrected chi connectivity index (χ3v) is 4.75. The van der Waals surface area contributed by atoms with Crippen LogP contribution in [-0.4, -0.2) is 17.9 Å². The quantitative estimate of drug-likeness (QED) is 0.941. The molecule has 2 heterocycles. The maximum Gasteiger partial charge on any atom is 0.307 e. The van der Waals surface area contributed by atoms with E-state index in [1.54, 1.807) is 0 Å². The number of carboxylic acids is 1. The van der Waals surface area contributed by atoms with Crippen molar-refractivity contribution in [3.8, 4) is 11.5 Å². The van der Waals surface area contributed by atoms with E-state index in [9.17, 15) is 9.90 Å². The Labute approximate surface area is 133 Å². The van der Waals surface area contributed by atoms with Crippen molar-refractivity contribution >= 4 is 5.97 Å². The highest BCUT2D eigenvalue weighted by Gasteiger charge is 2.38. The van der Waals surface area contributed by atoms with Gasteiger partial charge in [0.2, 0.25) is 6.79 Å². The maximum atomic E-state index is 11.8. The van der Waals surface area contributed by atoms with E-state index in [-0.39, 0.29) is 12.7 Å². The van der Waals surface area contributed by atoms with Crippen molar-refractivity contribution in [2.45, 2.75) is 32.1 Å². The Kier molecular flexibility index (Phi) is 3.29. The van der Waals surface area contributed by atoms with Gasteiger partial charge in [-0.1, -0.05) is 6.92 Å². The number of ether oxygens (including phenoxy) is 2. The monoisotopic (exact) mass is 314 g/mol. The summed E-state index contributed by atoms with van der Waals surface area (Å²) in [6.45, 7) is 2.23. The zero-order chi connectivity index (χ0) is 16.0. The zero-order valence-corrected chi connectivity index (χ0v) is 12.9. The van der Waals surface area contributed by atoms with Gasteiger partial charge in [-0.3, -0.25) is 4.79 Å². The summed E-state index contributed by atoms with van der Waals surface area (Å²) in [6.07, 6.45) is 2.11. The lowest BCUT2D eigenvalue weighted by Crippen LogP contribution is -2.28. The lowest BCUT2D eigenvalue weighted by Gasteiger charge is -2.30. The highest BCUT2D eigenvalue weighted by molar-refractivity contribution is 5.73. The molecule has 0 unspecified atom stereocenters. The number of benzene rings is 1. The molecule has 1 aromatic carbocycles. The number of furan rings is 1. The Morgan fingerprint density at radius 1 is 1.26 bits per heavy atom. The fraction of sp³-hybridized carbons (Fsp3) is 0.389. The maximum absolute atomic E-state index is 11.8. The Morgan fingerprint density at radius 2 is 2.04 bits per heavy atom. The van der Waals surface area contributed by atoms with Gasteiger partial charge in [0.25, 0.3) is 0 Å². The van der Waals surface area contributed by atoms with Crippen molar-refractivity contribution in [2.24, 2.45) is 5.92 Å². The molecular weight excluding hydrogens is 296 g/mol. The third-order valence-electron chi connectivity index (χ3n) is 4.75. The molecule has 5 heteroatoms. The minimum Gasteiger partial charge on any atom is -0.481 e. The summed E-state index contributed by atoms with van der Waals surface area (Å²) in [4.78, 5) is 11.8. The van der Waals surface area contributed by atoms with Crippen LogP contribution >= 0.6 is 0 Å². The van der Waals surface area contributed by atoms with Crippen molar-refractivity contribution < 1.29 is 23.8 Å². The Hall–Kier alpha value is -2.43. The second-order valence-electron chi connectivity index (χ2n) is 6.02. The summed E-state index contributed by atoms with van der Waals surface area (Å²) in [5, 5.41) is 9.66. The van der Waals surface area contributed by atoms with Crippen LogP contribution in [0.25, 0.3) is 0 Å². The van der Waals surface area contributed by atoms with E-state index in [1.165, 1.54) is 0 Å². The van der Waals surface area contributed by atoms with Gasteiger partial charge in [0.1, 0.15) is 11.5 Å². The van der Waals surface area contributed by atoms with Crippen LogP contribution in [-0.2, 0) is 17.6 Å². The number of fused-ring (bicyclic) bond motifs is 2. The highest BCUT2D eigenvalue weighted by Crippen LogP contribution is 2.46. The van der Waals surface area contributed by atoms with Gasteiger partial charge in [-0.2, -0.15) is 0 Å². The second-order valence-corrected chi connectivity index (χ2v) is 6.02. The van der Waals surface area contributed by atoms with Crippen LogP contribution in [0.15, 0.2) is 28.7 Å². The average molecular weight is 314 g/mol. The van der Waals surface area contributed by atoms with Gasteiger partial charge in [-0.25, -0.2) is 0 Å². The lowest BCUT2D eigenvalue weighted by atomic mass is 9.73. The molecule has 1 aromatic heterocycles. The first kappa shape index (κ1) is 14.2. The average Bonchev–Trinajstić information content (AvgIpc) is 3.19. The predicted molar refractivity (Wildman–Crippen MR) is 81.9 cm³/mol. The van der Waals surface area contributed by atoms with Gasteiger partial charge in [-0.05, 0) is 48.2 Å². The SMILES string of the molecule is CCc1ccc([C@@H]2c3cc4c(cc3CC[C@H]2C(=O)O)OCO4)o1. The summed E-state index contributed by atoms with van der Waals surface area (Å²) in [6, 6.07) is 7.73. The smallest absolute Gasteiger partial charge is 0.307 e. The molecule has 1 aliphatic heterocycles. The molecular formula is C18H18O5. The van der Waals surface area contributed by atoms with Gasteiger partial charge in [0.05, 0.1) is 11.8 Å². The number of hydrogen-bond acceptors (Lipinski definition) is 4. The fourth-order valence-corrected chi connectivity index (χ4v) is 3.57. The zero-order valence-electron chi connectivity index (χ0n) is 12.9. The van der Waals surface area contributed by atoms with E-state index < -0.39 is 11.9 Å². The Balaban J connectivity index is 1.84. The molecule has 0 amide bonds. The van der Waals surface area contributed by atoms with Crippen molar-refractivity contribution in [3.63, 3.8) is 0 Å². The molecule has 4 rings (SSSR count). The van der Waals surface area contributed by atoms with Crippen LogP contribution in [0.4, 0.5) is 0 Å². The first-order valence-corrected chi connectivity index (χ1v) is 7.91. The number of carboxylic acid groups (broad SMARTS) is 1. The number of hydrogen-bond donors (Lipinski definition) is 1. The molecule has 120 valence electrons. The molecule has 1 aliphatic carbocycles. The lowest BCUT2D eigenvalue weighted by molar-refractivity contribution is -0.142.